The molecule has 25 heavy (non-hydrogen) atoms. The minimum absolute atomic E-state index is 0.142. The molecular formula is C18H23N3O3S. The van der Waals surface area contributed by atoms with Crippen molar-refractivity contribution in [1.82, 2.24) is 14.9 Å². The van der Waals surface area contributed by atoms with Crippen molar-refractivity contribution in [3.63, 3.8) is 0 Å². The fraction of sp³-hybridized carbons (Fsp3) is 0.389. The fourth-order valence-electron chi connectivity index (χ4n) is 2.41. The average Bonchev–Trinajstić information content (AvgIpc) is 3.03. The fourth-order valence-corrected chi connectivity index (χ4v) is 3.18. The van der Waals surface area contributed by atoms with Crippen molar-refractivity contribution in [3.05, 3.63) is 41.7 Å². The van der Waals surface area contributed by atoms with E-state index >= 15 is 0 Å². The lowest BCUT2D eigenvalue weighted by Crippen LogP contribution is -2.35. The molecule has 1 amide bonds. The normalized spacial score (nSPS) is 11.8. The van der Waals surface area contributed by atoms with Crippen LogP contribution in [0.5, 0.6) is 0 Å². The predicted molar refractivity (Wildman–Crippen MR) is 98.0 cm³/mol. The molecule has 7 heteroatoms. The van der Waals surface area contributed by atoms with Crippen LogP contribution in [0, 0.1) is 13.8 Å². The third kappa shape index (κ3) is 5.09. The van der Waals surface area contributed by atoms with Gasteiger partial charge in [-0.2, -0.15) is 0 Å². The first-order valence-corrected chi connectivity index (χ1v) is 8.99. The Bertz CT molecular complexity index is 758. The van der Waals surface area contributed by atoms with Gasteiger partial charge in [0, 0.05) is 18.4 Å². The highest BCUT2D eigenvalue weighted by molar-refractivity contribution is 7.99. The highest BCUT2D eigenvalue weighted by Gasteiger charge is 2.14. The van der Waals surface area contributed by atoms with Gasteiger partial charge in [-0.3, -0.25) is 14.2 Å². The zero-order valence-electron chi connectivity index (χ0n) is 14.9. The number of methoxy groups -OCH3 is 1. The number of thioether (sulfide) groups is 1. The third-order valence-electron chi connectivity index (χ3n) is 3.88. The van der Waals surface area contributed by atoms with Gasteiger partial charge in [-0.15, -0.1) is 0 Å². The molecule has 1 heterocycles. The van der Waals surface area contributed by atoms with Gasteiger partial charge in [0.2, 0.25) is 5.91 Å². The smallest absolute Gasteiger partial charge is 0.307 e. The summed E-state index contributed by atoms with van der Waals surface area (Å²) in [4.78, 5) is 27.6. The number of hydrogen-bond acceptors (Lipinski definition) is 5. The van der Waals surface area contributed by atoms with Crippen molar-refractivity contribution in [2.24, 2.45) is 0 Å². The molecule has 0 spiro atoms. The minimum Gasteiger partial charge on any atom is -0.469 e. The number of rotatable bonds is 7. The van der Waals surface area contributed by atoms with Crippen LogP contribution >= 0.6 is 11.8 Å². The summed E-state index contributed by atoms with van der Waals surface area (Å²) in [6.07, 6.45) is 3.77. The van der Waals surface area contributed by atoms with E-state index < -0.39 is 0 Å². The zero-order valence-corrected chi connectivity index (χ0v) is 15.7. The molecule has 1 N–H and O–H groups in total. The molecule has 2 rings (SSSR count). The van der Waals surface area contributed by atoms with E-state index in [1.54, 1.807) is 13.1 Å². The molecular weight excluding hydrogens is 338 g/mol. The first-order chi connectivity index (χ1) is 11.9. The Balaban J connectivity index is 1.99. The first-order valence-electron chi connectivity index (χ1n) is 8.01. The number of imidazole rings is 1. The van der Waals surface area contributed by atoms with Crippen LogP contribution < -0.4 is 5.32 Å². The van der Waals surface area contributed by atoms with Crippen LogP contribution in [0.25, 0.3) is 5.69 Å². The second kappa shape index (κ2) is 8.71. The SMILES string of the molecule is COC(=O)CC(C)NC(=O)CSc1nccn1-c1cccc(C)c1C. The lowest BCUT2D eigenvalue weighted by Gasteiger charge is -2.14. The number of hydrogen-bond donors (Lipinski definition) is 1. The maximum Gasteiger partial charge on any atom is 0.307 e. The van der Waals surface area contributed by atoms with Crippen LogP contribution in [0.15, 0.2) is 35.7 Å². The van der Waals surface area contributed by atoms with Crippen LogP contribution in [0.1, 0.15) is 24.5 Å². The van der Waals surface area contributed by atoms with Gasteiger partial charge in [-0.1, -0.05) is 23.9 Å². The van der Waals surface area contributed by atoms with E-state index in [9.17, 15) is 9.59 Å². The predicted octanol–water partition coefficient (Wildman–Crippen LogP) is 2.65. The van der Waals surface area contributed by atoms with E-state index in [2.05, 4.69) is 35.0 Å². The zero-order chi connectivity index (χ0) is 18.4. The molecule has 0 radical (unpaired) electrons. The van der Waals surface area contributed by atoms with E-state index in [0.717, 1.165) is 10.8 Å². The van der Waals surface area contributed by atoms with Crippen molar-refractivity contribution in [2.45, 2.75) is 38.4 Å². The van der Waals surface area contributed by atoms with Gasteiger partial charge in [0.15, 0.2) is 5.16 Å². The van der Waals surface area contributed by atoms with E-state index in [0.29, 0.717) is 0 Å². The summed E-state index contributed by atoms with van der Waals surface area (Å²) in [5.74, 6) is -0.254. The molecule has 6 nitrogen and oxygen atoms in total. The summed E-state index contributed by atoms with van der Waals surface area (Å²) < 4.78 is 6.58. The molecule has 2 aromatic rings. The number of nitrogens with zero attached hydrogens (tertiary/aromatic N) is 2. The molecule has 0 saturated carbocycles. The van der Waals surface area contributed by atoms with E-state index in [-0.39, 0.29) is 30.1 Å². The Morgan fingerprint density at radius 1 is 1.36 bits per heavy atom. The molecule has 1 unspecified atom stereocenters. The Kier molecular flexibility index (Phi) is 6.64. The van der Waals surface area contributed by atoms with Crippen LogP contribution in [0.2, 0.25) is 0 Å². The number of esters is 1. The summed E-state index contributed by atoms with van der Waals surface area (Å²) in [7, 11) is 1.33. The molecule has 0 fully saturated rings. The van der Waals surface area contributed by atoms with E-state index in [1.807, 2.05) is 22.9 Å². The summed E-state index contributed by atoms with van der Waals surface area (Å²) >= 11 is 1.36. The number of benzene rings is 1. The van der Waals surface area contributed by atoms with Gasteiger partial charge in [0.25, 0.3) is 0 Å². The lowest BCUT2D eigenvalue weighted by atomic mass is 10.1. The number of carbonyl (C=O) groups is 2. The summed E-state index contributed by atoms with van der Waals surface area (Å²) in [6, 6.07) is 5.85. The van der Waals surface area contributed by atoms with Gasteiger partial charge in [0.05, 0.1) is 25.0 Å². The molecule has 0 saturated heterocycles. The minimum atomic E-state index is -0.342. The molecule has 0 aliphatic rings. The number of carbonyl (C=O) groups excluding carboxylic acids is 2. The summed E-state index contributed by atoms with van der Waals surface area (Å²) in [6.45, 7) is 5.91. The number of aromatic nitrogens is 2. The largest absolute Gasteiger partial charge is 0.469 e. The molecule has 0 bridgehead atoms. The number of nitrogens with one attached hydrogen (secondary N) is 1. The van der Waals surface area contributed by atoms with Crippen molar-refractivity contribution in [2.75, 3.05) is 12.9 Å². The Morgan fingerprint density at radius 3 is 2.84 bits per heavy atom. The molecule has 0 aliphatic carbocycles. The Labute approximate surface area is 152 Å². The van der Waals surface area contributed by atoms with Crippen molar-refractivity contribution < 1.29 is 14.3 Å². The van der Waals surface area contributed by atoms with Gasteiger partial charge >= 0.3 is 5.97 Å². The van der Waals surface area contributed by atoms with Gasteiger partial charge in [-0.05, 0) is 38.0 Å². The Morgan fingerprint density at radius 2 is 2.12 bits per heavy atom. The maximum atomic E-state index is 12.1. The molecule has 134 valence electrons. The van der Waals surface area contributed by atoms with Gasteiger partial charge < -0.3 is 10.1 Å². The first kappa shape index (κ1) is 19.1. The standard InChI is InChI=1S/C18H23N3O3S/c1-12-6-5-7-15(14(12)3)21-9-8-19-18(21)25-11-16(22)20-13(2)10-17(23)24-4/h5-9,13H,10-11H2,1-4H3,(H,20,22). The average molecular weight is 361 g/mol. The van der Waals surface area contributed by atoms with Crippen LogP contribution in [-0.2, 0) is 14.3 Å². The number of ether oxygens (including phenoxy) is 1. The maximum absolute atomic E-state index is 12.1. The lowest BCUT2D eigenvalue weighted by molar-refractivity contribution is -0.141. The van der Waals surface area contributed by atoms with Crippen LogP contribution in [0.3, 0.4) is 0 Å². The van der Waals surface area contributed by atoms with E-state index in [1.165, 1.54) is 30.0 Å². The topological polar surface area (TPSA) is 73.2 Å². The molecule has 1 aromatic heterocycles. The van der Waals surface area contributed by atoms with Crippen LogP contribution in [-0.4, -0.2) is 40.3 Å². The molecule has 1 atom stereocenters. The highest BCUT2D eigenvalue weighted by Crippen LogP contribution is 2.24. The second-order valence-corrected chi connectivity index (χ2v) is 6.78. The molecule has 0 aliphatic heterocycles. The van der Waals surface area contributed by atoms with Crippen molar-refractivity contribution >= 4 is 23.6 Å². The Hall–Kier alpha value is -2.28. The summed E-state index contributed by atoms with van der Waals surface area (Å²) in [5.41, 5.74) is 3.44. The second-order valence-electron chi connectivity index (χ2n) is 5.84. The number of aryl methyl sites for hydroxylation is 1. The molecule has 1 aromatic carbocycles. The monoisotopic (exact) mass is 361 g/mol. The van der Waals surface area contributed by atoms with Gasteiger partial charge in [-0.25, -0.2) is 4.98 Å². The quantitative estimate of drug-likeness (QED) is 0.606. The summed E-state index contributed by atoms with van der Waals surface area (Å²) in [5, 5.41) is 3.54. The van der Waals surface area contributed by atoms with Crippen molar-refractivity contribution in [3.8, 4) is 5.69 Å². The van der Waals surface area contributed by atoms with Gasteiger partial charge in [0.1, 0.15) is 0 Å². The van der Waals surface area contributed by atoms with Crippen LogP contribution in [0.4, 0.5) is 0 Å². The van der Waals surface area contributed by atoms with E-state index in [4.69, 9.17) is 0 Å². The third-order valence-corrected chi connectivity index (χ3v) is 4.85. The number of amides is 1. The van der Waals surface area contributed by atoms with Crippen molar-refractivity contribution in [1.29, 1.82) is 0 Å². The highest BCUT2D eigenvalue weighted by atomic mass is 32.2.